The molecule has 0 saturated heterocycles. The van der Waals surface area contributed by atoms with Gasteiger partial charge in [-0.05, 0) is 78.9 Å². The molecule has 3 heteroatoms. The lowest BCUT2D eigenvalue weighted by Crippen LogP contribution is -1.83. The third-order valence-corrected chi connectivity index (χ3v) is 6.03. The summed E-state index contributed by atoms with van der Waals surface area (Å²) in [4.78, 5) is 10.6. The average molecular weight is 524 g/mol. The molecule has 152 valence electrons. The van der Waals surface area contributed by atoms with Crippen LogP contribution in [0, 0.1) is 0 Å². The topological polar surface area (TPSA) is 17.1 Å². The van der Waals surface area contributed by atoms with Gasteiger partial charge < -0.3 is 0 Å². The van der Waals surface area contributed by atoms with E-state index < -0.39 is 0 Å². The summed E-state index contributed by atoms with van der Waals surface area (Å²) in [6.45, 7) is 7.28. The first-order valence-electron chi connectivity index (χ1n) is 9.56. The summed E-state index contributed by atoms with van der Waals surface area (Å²) in [7, 11) is 0. The Bertz CT molecular complexity index is 1180. The van der Waals surface area contributed by atoms with Crippen LogP contribution >= 0.6 is 31.9 Å². The molecule has 0 heterocycles. The minimum atomic E-state index is 0.693. The van der Waals surface area contributed by atoms with Gasteiger partial charge in [-0.2, -0.15) is 0 Å². The molecule has 0 N–H and O–H groups in total. The van der Waals surface area contributed by atoms with E-state index in [0.717, 1.165) is 21.5 Å². The largest absolute Gasteiger partial charge is 0.298 e. The predicted octanol–water partition coefficient (Wildman–Crippen LogP) is 9.24. The molecule has 0 atom stereocenters. The molecule has 0 unspecified atom stereocenters. The summed E-state index contributed by atoms with van der Waals surface area (Å²) in [5.74, 6) is 0. The number of halogens is 2. The highest BCUT2D eigenvalue weighted by Gasteiger charge is 2.02. The van der Waals surface area contributed by atoms with Crippen LogP contribution in [0.3, 0.4) is 0 Å². The van der Waals surface area contributed by atoms with Crippen molar-refractivity contribution in [3.05, 3.63) is 112 Å². The average Bonchev–Trinajstić information content (AvgIpc) is 2.78. The summed E-state index contributed by atoms with van der Waals surface area (Å²) in [5, 5.41) is 4.75. The Balaban J connectivity index is 0.000000190. The SMILES string of the molecule is C=CC.CC=Cc1ccc2ccccc2c1Br.O=Cc1ccc2ccccc2c1Br. The molecule has 0 aliphatic carbocycles. The Morgan fingerprint density at radius 2 is 1.13 bits per heavy atom. The summed E-state index contributed by atoms with van der Waals surface area (Å²) < 4.78 is 2.05. The molecular formula is C27H24Br2O. The van der Waals surface area contributed by atoms with Gasteiger partial charge in [0.05, 0.1) is 0 Å². The highest BCUT2D eigenvalue weighted by atomic mass is 79.9. The predicted molar refractivity (Wildman–Crippen MR) is 139 cm³/mol. The van der Waals surface area contributed by atoms with E-state index in [0.29, 0.717) is 5.56 Å². The zero-order valence-electron chi connectivity index (χ0n) is 17.1. The van der Waals surface area contributed by atoms with E-state index in [1.807, 2.05) is 50.2 Å². The fraction of sp³-hybridized carbons (Fsp3) is 0.0741. The van der Waals surface area contributed by atoms with Crippen LogP contribution in [0.15, 0.2) is 100 Å². The van der Waals surface area contributed by atoms with Crippen LogP contribution in [-0.4, -0.2) is 6.29 Å². The van der Waals surface area contributed by atoms with Gasteiger partial charge >= 0.3 is 0 Å². The monoisotopic (exact) mass is 522 g/mol. The third-order valence-electron chi connectivity index (χ3n) is 4.26. The fourth-order valence-electron chi connectivity index (χ4n) is 2.90. The van der Waals surface area contributed by atoms with E-state index in [1.54, 1.807) is 6.08 Å². The Morgan fingerprint density at radius 3 is 1.60 bits per heavy atom. The van der Waals surface area contributed by atoms with Crippen LogP contribution < -0.4 is 0 Å². The van der Waals surface area contributed by atoms with Crippen molar-refractivity contribution in [3.8, 4) is 0 Å². The first-order chi connectivity index (χ1) is 14.6. The molecule has 0 aliphatic rings. The maximum Gasteiger partial charge on any atom is 0.151 e. The third kappa shape index (κ3) is 6.01. The van der Waals surface area contributed by atoms with E-state index in [9.17, 15) is 4.79 Å². The standard InChI is InChI=1S/C13H11Br.C11H7BrO.C3H6/c1-2-5-11-9-8-10-6-3-4-7-12(10)13(11)14;12-11-9(7-13)6-5-8-3-1-2-4-10(8)11;1-3-2/h2-9H,1H3;1-7H;3H,1H2,2H3. The van der Waals surface area contributed by atoms with E-state index in [-0.39, 0.29) is 0 Å². The number of hydrogen-bond donors (Lipinski definition) is 0. The number of carbonyl (C=O) groups is 1. The van der Waals surface area contributed by atoms with Crippen LogP contribution in [-0.2, 0) is 0 Å². The van der Waals surface area contributed by atoms with Crippen molar-refractivity contribution in [2.24, 2.45) is 0 Å². The molecule has 4 rings (SSSR count). The zero-order chi connectivity index (χ0) is 21.9. The van der Waals surface area contributed by atoms with Gasteiger partial charge in [-0.1, -0.05) is 85.0 Å². The van der Waals surface area contributed by atoms with Gasteiger partial charge in [0.15, 0.2) is 6.29 Å². The smallest absolute Gasteiger partial charge is 0.151 e. The molecule has 0 saturated carbocycles. The lowest BCUT2D eigenvalue weighted by molar-refractivity contribution is 0.112. The summed E-state index contributed by atoms with van der Waals surface area (Å²) in [6, 6.07) is 24.4. The Kier molecular flexibility index (Phi) is 9.72. The fourth-order valence-corrected chi connectivity index (χ4v) is 4.11. The maximum atomic E-state index is 10.6. The van der Waals surface area contributed by atoms with Gasteiger partial charge in [0, 0.05) is 14.5 Å². The summed E-state index contributed by atoms with van der Waals surface area (Å²) in [6.07, 6.45) is 6.77. The Morgan fingerprint density at radius 1 is 0.700 bits per heavy atom. The van der Waals surface area contributed by atoms with Gasteiger partial charge in [0.25, 0.3) is 0 Å². The molecule has 0 bridgehead atoms. The number of aldehydes is 1. The number of rotatable bonds is 2. The van der Waals surface area contributed by atoms with Crippen molar-refractivity contribution in [2.45, 2.75) is 13.8 Å². The van der Waals surface area contributed by atoms with Crippen LogP contribution in [0.25, 0.3) is 27.6 Å². The molecule has 0 aromatic heterocycles. The molecule has 0 radical (unpaired) electrons. The number of fused-ring (bicyclic) bond motifs is 2. The van der Waals surface area contributed by atoms with Crippen LogP contribution in [0.1, 0.15) is 29.8 Å². The maximum absolute atomic E-state index is 10.6. The van der Waals surface area contributed by atoms with Crippen molar-refractivity contribution in [2.75, 3.05) is 0 Å². The number of allylic oxidation sites excluding steroid dienone is 2. The second kappa shape index (κ2) is 12.3. The van der Waals surface area contributed by atoms with E-state index in [4.69, 9.17) is 0 Å². The molecule has 4 aromatic rings. The quantitative estimate of drug-likeness (QED) is 0.189. The van der Waals surface area contributed by atoms with Gasteiger partial charge in [-0.15, -0.1) is 6.58 Å². The summed E-state index contributed by atoms with van der Waals surface area (Å²) >= 11 is 7.04. The summed E-state index contributed by atoms with van der Waals surface area (Å²) in [5.41, 5.74) is 1.92. The minimum Gasteiger partial charge on any atom is -0.298 e. The van der Waals surface area contributed by atoms with Crippen molar-refractivity contribution in [1.82, 2.24) is 0 Å². The van der Waals surface area contributed by atoms with E-state index in [1.165, 1.54) is 20.8 Å². The van der Waals surface area contributed by atoms with Crippen LogP contribution in [0.5, 0.6) is 0 Å². The van der Waals surface area contributed by atoms with E-state index in [2.05, 4.69) is 87.0 Å². The highest BCUT2D eigenvalue weighted by molar-refractivity contribution is 9.11. The lowest BCUT2D eigenvalue weighted by Gasteiger charge is -2.03. The van der Waals surface area contributed by atoms with Crippen molar-refractivity contribution in [3.63, 3.8) is 0 Å². The minimum absolute atomic E-state index is 0.693. The van der Waals surface area contributed by atoms with Crippen molar-refractivity contribution in [1.29, 1.82) is 0 Å². The second-order valence-electron chi connectivity index (χ2n) is 6.41. The Labute approximate surface area is 195 Å². The normalized spacial score (nSPS) is 10.1. The van der Waals surface area contributed by atoms with E-state index >= 15 is 0 Å². The molecule has 0 amide bonds. The van der Waals surface area contributed by atoms with Gasteiger partial charge in [0.2, 0.25) is 0 Å². The molecular weight excluding hydrogens is 500 g/mol. The number of benzene rings is 4. The van der Waals surface area contributed by atoms with Crippen LogP contribution in [0.4, 0.5) is 0 Å². The van der Waals surface area contributed by atoms with Gasteiger partial charge in [-0.25, -0.2) is 0 Å². The molecule has 30 heavy (non-hydrogen) atoms. The van der Waals surface area contributed by atoms with Gasteiger partial charge in [0.1, 0.15) is 0 Å². The first-order valence-corrected chi connectivity index (χ1v) is 11.1. The molecule has 4 aromatic carbocycles. The van der Waals surface area contributed by atoms with Crippen molar-refractivity contribution < 1.29 is 4.79 Å². The molecule has 0 spiro atoms. The molecule has 1 nitrogen and oxygen atoms in total. The molecule has 0 fully saturated rings. The highest BCUT2D eigenvalue weighted by Crippen LogP contribution is 2.28. The first kappa shape index (κ1) is 23.8. The zero-order valence-corrected chi connectivity index (χ0v) is 20.3. The van der Waals surface area contributed by atoms with Crippen LogP contribution in [0.2, 0.25) is 0 Å². The Hall–Kier alpha value is -2.49. The number of hydrogen-bond acceptors (Lipinski definition) is 1. The lowest BCUT2D eigenvalue weighted by atomic mass is 10.1. The number of carbonyl (C=O) groups excluding carboxylic acids is 1. The van der Waals surface area contributed by atoms with Crippen molar-refractivity contribution >= 4 is 65.8 Å². The second-order valence-corrected chi connectivity index (χ2v) is 7.99. The van der Waals surface area contributed by atoms with Gasteiger partial charge in [-0.3, -0.25) is 4.79 Å². The molecule has 0 aliphatic heterocycles.